The Morgan fingerprint density at radius 3 is 2.41 bits per heavy atom. The molecule has 1 rings (SSSR count). The molecule has 0 amide bonds. The number of hydrogen-bond donors (Lipinski definition) is 0. The van der Waals surface area contributed by atoms with Crippen molar-refractivity contribution in [2.24, 2.45) is 0 Å². The van der Waals surface area contributed by atoms with Crippen LogP contribution in [-0.4, -0.2) is 26.4 Å². The maximum atomic E-state index is 12.0. The molecule has 1 aromatic rings. The lowest BCUT2D eigenvalue weighted by molar-refractivity contribution is -0.137. The van der Waals surface area contributed by atoms with E-state index in [1.54, 1.807) is 0 Å². The molecule has 5 nitrogen and oxygen atoms in total. The predicted molar refractivity (Wildman–Crippen MR) is 62.7 cm³/mol. The highest BCUT2D eigenvalue weighted by Crippen LogP contribution is 2.47. The van der Waals surface area contributed by atoms with Crippen LogP contribution in [-0.2, 0) is 29.8 Å². The molecule has 1 unspecified atom stereocenters. The number of benzene rings is 1. The lowest BCUT2D eigenvalue weighted by Gasteiger charge is -2.15. The Hall–Kier alpha value is -1.16. The molecule has 0 N–H and O–H groups in total. The highest BCUT2D eigenvalue weighted by Gasteiger charge is 2.27. The van der Waals surface area contributed by atoms with Gasteiger partial charge >= 0.3 is 13.6 Å². The first-order valence-electron chi connectivity index (χ1n) is 5.00. The second kappa shape index (κ2) is 6.55. The highest BCUT2D eigenvalue weighted by molar-refractivity contribution is 7.54. The molecule has 0 fully saturated rings. The van der Waals surface area contributed by atoms with E-state index in [0.717, 1.165) is 5.56 Å². The molecule has 0 bridgehead atoms. The van der Waals surface area contributed by atoms with Crippen LogP contribution in [0, 0.1) is 0 Å². The molecule has 0 spiro atoms. The Bertz CT molecular complexity index is 404. The van der Waals surface area contributed by atoms with Crippen molar-refractivity contribution in [2.75, 3.05) is 20.4 Å². The van der Waals surface area contributed by atoms with Crippen LogP contribution >= 0.6 is 7.60 Å². The topological polar surface area (TPSA) is 61.8 Å². The fourth-order valence-corrected chi connectivity index (χ4v) is 2.25. The SMILES string of the molecule is COC(=O)CP(=O)(OC)OCc1ccccc1. The number of carbonyl (C=O) groups is 1. The molecule has 0 saturated carbocycles. The van der Waals surface area contributed by atoms with Gasteiger partial charge in [0, 0.05) is 7.11 Å². The molecule has 0 aliphatic carbocycles. The summed E-state index contributed by atoms with van der Waals surface area (Å²) in [5, 5.41) is 0. The Labute approximate surface area is 100 Å². The van der Waals surface area contributed by atoms with Gasteiger partial charge in [-0.1, -0.05) is 30.3 Å². The van der Waals surface area contributed by atoms with Crippen molar-refractivity contribution in [3.05, 3.63) is 35.9 Å². The smallest absolute Gasteiger partial charge is 0.341 e. The van der Waals surface area contributed by atoms with E-state index in [9.17, 15) is 9.36 Å². The van der Waals surface area contributed by atoms with Gasteiger partial charge in [0.1, 0.15) is 6.16 Å². The van der Waals surface area contributed by atoms with Gasteiger partial charge < -0.3 is 13.8 Å². The third kappa shape index (κ3) is 4.69. The molecular formula is C11H15O5P. The highest BCUT2D eigenvalue weighted by atomic mass is 31.2. The van der Waals surface area contributed by atoms with E-state index in [0.29, 0.717) is 0 Å². The Morgan fingerprint density at radius 2 is 1.88 bits per heavy atom. The Morgan fingerprint density at radius 1 is 1.24 bits per heavy atom. The van der Waals surface area contributed by atoms with Crippen LogP contribution in [0.5, 0.6) is 0 Å². The van der Waals surface area contributed by atoms with E-state index in [1.165, 1.54) is 14.2 Å². The molecule has 1 aromatic carbocycles. The van der Waals surface area contributed by atoms with E-state index in [4.69, 9.17) is 9.05 Å². The minimum absolute atomic E-state index is 0.128. The summed E-state index contributed by atoms with van der Waals surface area (Å²) >= 11 is 0. The lowest BCUT2D eigenvalue weighted by Crippen LogP contribution is -2.10. The summed E-state index contributed by atoms with van der Waals surface area (Å²) in [4.78, 5) is 11.0. The quantitative estimate of drug-likeness (QED) is 0.578. The normalized spacial score (nSPS) is 14.0. The molecule has 0 aromatic heterocycles. The lowest BCUT2D eigenvalue weighted by atomic mass is 10.2. The zero-order valence-electron chi connectivity index (χ0n) is 9.79. The molecule has 94 valence electrons. The van der Waals surface area contributed by atoms with Gasteiger partial charge in [-0.2, -0.15) is 0 Å². The second-order valence-electron chi connectivity index (χ2n) is 3.29. The van der Waals surface area contributed by atoms with Gasteiger partial charge in [-0.3, -0.25) is 9.36 Å². The largest absolute Gasteiger partial charge is 0.469 e. The number of esters is 1. The summed E-state index contributed by atoms with van der Waals surface area (Å²) in [5.74, 6) is -0.622. The van der Waals surface area contributed by atoms with Crippen molar-refractivity contribution < 1.29 is 23.1 Å². The van der Waals surface area contributed by atoms with E-state index >= 15 is 0 Å². The summed E-state index contributed by atoms with van der Waals surface area (Å²) in [5.41, 5.74) is 0.856. The third-order valence-electron chi connectivity index (χ3n) is 2.10. The monoisotopic (exact) mass is 258 g/mol. The Balaban J connectivity index is 2.58. The zero-order valence-corrected chi connectivity index (χ0v) is 10.7. The number of hydrogen-bond acceptors (Lipinski definition) is 5. The average molecular weight is 258 g/mol. The zero-order chi connectivity index (χ0) is 12.7. The number of carbonyl (C=O) groups excluding carboxylic acids is 1. The van der Waals surface area contributed by atoms with Crippen molar-refractivity contribution >= 4 is 13.6 Å². The van der Waals surface area contributed by atoms with Gasteiger partial charge in [-0.15, -0.1) is 0 Å². The minimum Gasteiger partial charge on any atom is -0.469 e. The van der Waals surface area contributed by atoms with Crippen LogP contribution in [0.1, 0.15) is 5.56 Å². The van der Waals surface area contributed by atoms with Crippen LogP contribution in [0.2, 0.25) is 0 Å². The molecule has 0 aliphatic heterocycles. The first kappa shape index (κ1) is 13.9. The molecule has 0 heterocycles. The van der Waals surface area contributed by atoms with E-state index < -0.39 is 13.6 Å². The van der Waals surface area contributed by atoms with Crippen LogP contribution in [0.3, 0.4) is 0 Å². The molecule has 0 aliphatic rings. The summed E-state index contributed by atoms with van der Waals surface area (Å²) in [6, 6.07) is 9.22. The van der Waals surface area contributed by atoms with E-state index in [2.05, 4.69) is 4.74 Å². The summed E-state index contributed by atoms with van der Waals surface area (Å²) < 4.78 is 26.3. The number of methoxy groups -OCH3 is 1. The van der Waals surface area contributed by atoms with Crippen molar-refractivity contribution in [3.63, 3.8) is 0 Å². The van der Waals surface area contributed by atoms with Crippen molar-refractivity contribution in [1.29, 1.82) is 0 Å². The third-order valence-corrected chi connectivity index (χ3v) is 3.82. The van der Waals surface area contributed by atoms with Gasteiger partial charge in [0.05, 0.1) is 13.7 Å². The number of ether oxygens (including phenoxy) is 1. The number of rotatable bonds is 6. The van der Waals surface area contributed by atoms with Gasteiger partial charge in [0.15, 0.2) is 0 Å². The minimum atomic E-state index is -3.41. The second-order valence-corrected chi connectivity index (χ2v) is 5.45. The predicted octanol–water partition coefficient (Wildman–Crippen LogP) is 2.22. The van der Waals surface area contributed by atoms with Gasteiger partial charge in [-0.05, 0) is 5.56 Å². The van der Waals surface area contributed by atoms with Crippen LogP contribution in [0.4, 0.5) is 0 Å². The first-order valence-corrected chi connectivity index (χ1v) is 6.72. The van der Waals surface area contributed by atoms with Crippen LogP contribution in [0.25, 0.3) is 0 Å². The fraction of sp³-hybridized carbons (Fsp3) is 0.364. The van der Waals surface area contributed by atoms with Crippen LogP contribution < -0.4 is 0 Å². The maximum absolute atomic E-state index is 12.0. The van der Waals surface area contributed by atoms with Crippen molar-refractivity contribution in [1.82, 2.24) is 0 Å². The van der Waals surface area contributed by atoms with Crippen LogP contribution in [0.15, 0.2) is 30.3 Å². The molecular weight excluding hydrogens is 243 g/mol. The fourth-order valence-electron chi connectivity index (χ4n) is 1.13. The van der Waals surface area contributed by atoms with Gasteiger partial charge in [-0.25, -0.2) is 0 Å². The van der Waals surface area contributed by atoms with E-state index in [-0.39, 0.29) is 12.8 Å². The van der Waals surface area contributed by atoms with Gasteiger partial charge in [0.2, 0.25) is 0 Å². The molecule has 6 heteroatoms. The van der Waals surface area contributed by atoms with E-state index in [1.807, 2.05) is 30.3 Å². The maximum Gasteiger partial charge on any atom is 0.341 e. The molecule has 17 heavy (non-hydrogen) atoms. The summed E-state index contributed by atoms with van der Waals surface area (Å²) in [6.45, 7) is 0.128. The standard InChI is InChI=1S/C11H15O5P/c1-14-11(12)9-17(13,15-2)16-8-10-6-4-3-5-7-10/h3-7H,8-9H2,1-2H3. The molecule has 0 saturated heterocycles. The summed E-state index contributed by atoms with van der Waals surface area (Å²) in [6.07, 6.45) is -0.382. The van der Waals surface area contributed by atoms with Crippen molar-refractivity contribution in [3.8, 4) is 0 Å². The molecule has 1 atom stereocenters. The molecule has 0 radical (unpaired) electrons. The van der Waals surface area contributed by atoms with Gasteiger partial charge in [0.25, 0.3) is 0 Å². The average Bonchev–Trinajstić information content (AvgIpc) is 2.37. The summed E-state index contributed by atoms with van der Waals surface area (Å²) in [7, 11) is -0.946. The Kier molecular flexibility index (Phi) is 5.35. The van der Waals surface area contributed by atoms with Crippen molar-refractivity contribution in [2.45, 2.75) is 6.61 Å². The first-order chi connectivity index (χ1) is 8.09.